The quantitative estimate of drug-likeness (QED) is 0.336. The van der Waals surface area contributed by atoms with Gasteiger partial charge in [-0.1, -0.05) is 41.9 Å². The van der Waals surface area contributed by atoms with Gasteiger partial charge in [0.05, 0.1) is 16.8 Å². The summed E-state index contributed by atoms with van der Waals surface area (Å²) in [5, 5.41) is 3.22. The lowest BCUT2D eigenvalue weighted by molar-refractivity contribution is -0.117. The van der Waals surface area contributed by atoms with E-state index in [4.69, 9.17) is 11.6 Å². The van der Waals surface area contributed by atoms with Crippen molar-refractivity contribution in [2.45, 2.75) is 19.2 Å². The van der Waals surface area contributed by atoms with Gasteiger partial charge >= 0.3 is 0 Å². The Bertz CT molecular complexity index is 1650. The molecule has 0 aliphatic carbocycles. The van der Waals surface area contributed by atoms with Crippen LogP contribution in [0, 0.1) is 13.8 Å². The molecule has 1 N–H and O–H groups in total. The number of aromatic amines is 1. The molecule has 6 rings (SSSR count). The lowest BCUT2D eigenvalue weighted by Gasteiger charge is -2.26. The summed E-state index contributed by atoms with van der Waals surface area (Å²) >= 11 is 9.37. The number of H-pyrrole nitrogens is 1. The number of benzene rings is 2. The Hall–Kier alpha value is -3.07. The standard InChI is InChI=1S/C25H19ClN4O2S2/c1-13-14(2)34-23-20(13)24(32)29(12-27-23)30-19(31)11-33-25(30)21-17-10-16(26)8-9-18(17)28-22(21)15-6-4-3-5-7-15/h3-10,12,25,28H,11H2,1-2H3. The maximum absolute atomic E-state index is 13.6. The molecule has 6 nitrogen and oxygen atoms in total. The van der Waals surface area contributed by atoms with Crippen LogP contribution in [0.4, 0.5) is 0 Å². The molecule has 4 heterocycles. The Morgan fingerprint density at radius 3 is 2.71 bits per heavy atom. The second-order valence-corrected chi connectivity index (χ2v) is 10.9. The number of thiophene rings is 1. The van der Waals surface area contributed by atoms with Crippen molar-refractivity contribution < 1.29 is 4.79 Å². The number of fused-ring (bicyclic) bond motifs is 2. The zero-order valence-corrected chi connectivity index (χ0v) is 20.7. The molecular formula is C25H19ClN4O2S2. The molecule has 1 amide bonds. The molecule has 0 bridgehead atoms. The van der Waals surface area contributed by atoms with E-state index in [0.717, 1.165) is 38.2 Å². The van der Waals surface area contributed by atoms with Crippen molar-refractivity contribution in [2.75, 3.05) is 10.8 Å². The van der Waals surface area contributed by atoms with Gasteiger partial charge in [-0.3, -0.25) is 9.59 Å². The number of carbonyl (C=O) groups excluding carboxylic acids is 1. The maximum Gasteiger partial charge on any atom is 0.281 e. The van der Waals surface area contributed by atoms with Crippen LogP contribution in [0.1, 0.15) is 21.4 Å². The lowest BCUT2D eigenvalue weighted by atomic mass is 10.0. The van der Waals surface area contributed by atoms with Gasteiger partial charge in [0.15, 0.2) is 0 Å². The van der Waals surface area contributed by atoms with Crippen LogP contribution in [0.3, 0.4) is 0 Å². The van der Waals surface area contributed by atoms with E-state index in [2.05, 4.69) is 9.97 Å². The summed E-state index contributed by atoms with van der Waals surface area (Å²) in [5.41, 5.74) is 4.42. The summed E-state index contributed by atoms with van der Waals surface area (Å²) in [6.07, 6.45) is 1.47. The monoisotopic (exact) mass is 506 g/mol. The first-order valence-electron chi connectivity index (χ1n) is 10.7. The fourth-order valence-corrected chi connectivity index (χ4v) is 6.87. The van der Waals surface area contributed by atoms with Crippen molar-refractivity contribution >= 4 is 61.7 Å². The minimum Gasteiger partial charge on any atom is -0.354 e. The Morgan fingerprint density at radius 2 is 1.91 bits per heavy atom. The molecular weight excluding hydrogens is 488 g/mol. The topological polar surface area (TPSA) is 71.0 Å². The predicted octanol–water partition coefficient (Wildman–Crippen LogP) is 5.79. The van der Waals surface area contributed by atoms with Gasteiger partial charge in [0, 0.05) is 26.4 Å². The van der Waals surface area contributed by atoms with Crippen LogP contribution in [0.15, 0.2) is 59.7 Å². The van der Waals surface area contributed by atoms with E-state index in [1.807, 2.05) is 62.4 Å². The molecule has 1 saturated heterocycles. The fourth-order valence-electron chi connectivity index (χ4n) is 4.51. The smallest absolute Gasteiger partial charge is 0.281 e. The van der Waals surface area contributed by atoms with E-state index in [-0.39, 0.29) is 17.2 Å². The number of amides is 1. The number of halogens is 1. The molecule has 0 spiro atoms. The highest BCUT2D eigenvalue weighted by Gasteiger charge is 2.39. The first-order valence-corrected chi connectivity index (χ1v) is 13.0. The molecule has 1 unspecified atom stereocenters. The van der Waals surface area contributed by atoms with Crippen molar-refractivity contribution in [3.63, 3.8) is 0 Å². The molecule has 3 aromatic heterocycles. The number of aromatic nitrogens is 3. The van der Waals surface area contributed by atoms with Gasteiger partial charge in [0.25, 0.3) is 11.5 Å². The molecule has 0 saturated carbocycles. The van der Waals surface area contributed by atoms with Crippen LogP contribution >= 0.6 is 34.7 Å². The number of hydrogen-bond donors (Lipinski definition) is 1. The van der Waals surface area contributed by atoms with Crippen LogP contribution in [-0.4, -0.2) is 26.3 Å². The van der Waals surface area contributed by atoms with Crippen molar-refractivity contribution in [1.82, 2.24) is 14.6 Å². The first-order chi connectivity index (χ1) is 16.4. The maximum atomic E-state index is 13.6. The van der Waals surface area contributed by atoms with Gasteiger partial charge in [0.1, 0.15) is 16.5 Å². The van der Waals surface area contributed by atoms with Crippen LogP contribution in [0.5, 0.6) is 0 Å². The molecule has 9 heteroatoms. The third-order valence-corrected chi connectivity index (χ3v) is 8.77. The van der Waals surface area contributed by atoms with Crippen LogP contribution in [0.25, 0.3) is 32.4 Å². The molecule has 2 aromatic carbocycles. The molecule has 1 aliphatic rings. The SMILES string of the molecule is Cc1sc2ncn(N3C(=O)CSC3c3c(-c4ccccc4)[nH]c4ccc(Cl)cc34)c(=O)c2c1C. The van der Waals surface area contributed by atoms with Crippen molar-refractivity contribution in [1.29, 1.82) is 0 Å². The van der Waals surface area contributed by atoms with Gasteiger partial charge in [-0.15, -0.1) is 23.1 Å². The average molecular weight is 507 g/mol. The largest absolute Gasteiger partial charge is 0.354 e. The van der Waals surface area contributed by atoms with Gasteiger partial charge in [-0.25, -0.2) is 14.7 Å². The highest BCUT2D eigenvalue weighted by molar-refractivity contribution is 8.00. The Labute approximate surface area is 208 Å². The predicted molar refractivity (Wildman–Crippen MR) is 141 cm³/mol. The minimum absolute atomic E-state index is 0.141. The van der Waals surface area contributed by atoms with Gasteiger partial charge in [-0.2, -0.15) is 0 Å². The van der Waals surface area contributed by atoms with E-state index in [9.17, 15) is 9.59 Å². The summed E-state index contributed by atoms with van der Waals surface area (Å²) in [6.45, 7) is 3.90. The number of aryl methyl sites for hydroxylation is 2. The number of rotatable bonds is 3. The third-order valence-electron chi connectivity index (χ3n) is 6.26. The number of nitrogens with zero attached hydrogens (tertiary/aromatic N) is 3. The Morgan fingerprint density at radius 1 is 1.12 bits per heavy atom. The second-order valence-electron chi connectivity index (χ2n) is 8.23. The third kappa shape index (κ3) is 3.20. The Kier molecular flexibility index (Phi) is 5.05. The highest BCUT2D eigenvalue weighted by atomic mass is 35.5. The molecule has 1 fully saturated rings. The van der Waals surface area contributed by atoms with E-state index in [1.54, 1.807) is 5.01 Å². The summed E-state index contributed by atoms with van der Waals surface area (Å²) < 4.78 is 1.38. The average Bonchev–Trinajstić information content (AvgIpc) is 3.48. The Balaban J connectivity index is 1.60. The zero-order valence-electron chi connectivity index (χ0n) is 18.3. The minimum atomic E-state index is -0.424. The summed E-state index contributed by atoms with van der Waals surface area (Å²) in [6, 6.07) is 15.7. The van der Waals surface area contributed by atoms with Gasteiger partial charge < -0.3 is 4.98 Å². The molecule has 0 radical (unpaired) electrons. The number of hydrogen-bond acceptors (Lipinski definition) is 5. The van der Waals surface area contributed by atoms with Crippen molar-refractivity contribution in [3.8, 4) is 11.3 Å². The van der Waals surface area contributed by atoms with Crippen LogP contribution in [-0.2, 0) is 4.79 Å². The molecule has 1 aliphatic heterocycles. The van der Waals surface area contributed by atoms with E-state index in [1.165, 1.54) is 34.1 Å². The normalized spacial score (nSPS) is 16.3. The van der Waals surface area contributed by atoms with Crippen molar-refractivity contribution in [2.24, 2.45) is 0 Å². The number of thioether (sulfide) groups is 1. The summed E-state index contributed by atoms with van der Waals surface area (Å²) in [7, 11) is 0. The summed E-state index contributed by atoms with van der Waals surface area (Å²) in [4.78, 5) is 36.6. The van der Waals surface area contributed by atoms with Gasteiger partial charge in [0.2, 0.25) is 0 Å². The highest BCUT2D eigenvalue weighted by Crippen LogP contribution is 2.45. The molecule has 170 valence electrons. The van der Waals surface area contributed by atoms with Crippen molar-refractivity contribution in [3.05, 3.63) is 86.2 Å². The number of carbonyl (C=O) groups is 1. The van der Waals surface area contributed by atoms with Gasteiger partial charge in [-0.05, 0) is 43.2 Å². The second kappa shape index (κ2) is 8.01. The van der Waals surface area contributed by atoms with E-state index in [0.29, 0.717) is 15.2 Å². The molecule has 5 aromatic rings. The molecule has 1 atom stereocenters. The summed E-state index contributed by atoms with van der Waals surface area (Å²) in [5.74, 6) is 0.122. The first kappa shape index (κ1) is 21.5. The fraction of sp³-hybridized carbons (Fsp3) is 0.160. The molecule has 34 heavy (non-hydrogen) atoms. The van der Waals surface area contributed by atoms with E-state index >= 15 is 0 Å². The van der Waals surface area contributed by atoms with Crippen LogP contribution in [0.2, 0.25) is 5.02 Å². The van der Waals surface area contributed by atoms with Crippen LogP contribution < -0.4 is 10.6 Å². The lowest BCUT2D eigenvalue weighted by Crippen LogP contribution is -2.44. The zero-order chi connectivity index (χ0) is 23.6. The van der Waals surface area contributed by atoms with E-state index < -0.39 is 5.37 Å². The number of nitrogens with one attached hydrogen (secondary N) is 1.